The van der Waals surface area contributed by atoms with Crippen LogP contribution in [0.15, 0.2) is 42.7 Å². The van der Waals surface area contributed by atoms with Gasteiger partial charge in [-0.15, -0.1) is 0 Å². The van der Waals surface area contributed by atoms with Crippen LogP contribution in [-0.2, 0) is 13.0 Å². The molecule has 4 nitrogen and oxygen atoms in total. The van der Waals surface area contributed by atoms with Gasteiger partial charge in [0.15, 0.2) is 0 Å². The summed E-state index contributed by atoms with van der Waals surface area (Å²) in [6, 6.07) is 12.5. The second kappa shape index (κ2) is 6.60. The van der Waals surface area contributed by atoms with E-state index in [-0.39, 0.29) is 0 Å². The number of hydrogen-bond acceptors (Lipinski definition) is 3. The Balaban J connectivity index is 1.81. The van der Waals surface area contributed by atoms with Gasteiger partial charge >= 0.3 is 0 Å². The molecule has 0 saturated carbocycles. The Hall–Kier alpha value is -2.28. The lowest BCUT2D eigenvalue weighted by molar-refractivity contribution is 0.546. The molecule has 19 heavy (non-hydrogen) atoms. The van der Waals surface area contributed by atoms with Crippen molar-refractivity contribution in [3.8, 4) is 6.07 Å². The summed E-state index contributed by atoms with van der Waals surface area (Å²) in [6.07, 6.45) is 5.26. The van der Waals surface area contributed by atoms with Gasteiger partial charge in [-0.3, -0.25) is 4.68 Å². The Bertz CT molecular complexity index is 522. The summed E-state index contributed by atoms with van der Waals surface area (Å²) in [4.78, 5) is 0. The third-order valence-corrected chi connectivity index (χ3v) is 3.00. The van der Waals surface area contributed by atoms with Crippen LogP contribution < -0.4 is 5.32 Å². The average molecular weight is 254 g/mol. The number of hydrogen-bond donors (Lipinski definition) is 1. The first-order valence-corrected chi connectivity index (χ1v) is 6.48. The molecule has 1 N–H and O–H groups in total. The van der Waals surface area contributed by atoms with Crippen LogP contribution in [0.2, 0.25) is 0 Å². The molecule has 2 aromatic rings. The zero-order chi connectivity index (χ0) is 13.5. The highest BCUT2D eigenvalue weighted by molar-refractivity contribution is 5.45. The van der Waals surface area contributed by atoms with Gasteiger partial charge in [-0.2, -0.15) is 10.4 Å². The molecule has 0 amide bonds. The quantitative estimate of drug-likeness (QED) is 0.862. The van der Waals surface area contributed by atoms with Crippen molar-refractivity contribution in [2.45, 2.75) is 32.4 Å². The number of rotatable bonds is 6. The van der Waals surface area contributed by atoms with Crippen LogP contribution in [-0.4, -0.2) is 15.8 Å². The van der Waals surface area contributed by atoms with E-state index in [9.17, 15) is 0 Å². The predicted octanol–water partition coefficient (Wildman–Crippen LogP) is 2.84. The second-order valence-corrected chi connectivity index (χ2v) is 4.64. The van der Waals surface area contributed by atoms with Crippen LogP contribution >= 0.6 is 0 Å². The highest BCUT2D eigenvalue weighted by Crippen LogP contribution is 2.12. The van der Waals surface area contributed by atoms with Crippen molar-refractivity contribution >= 4 is 5.69 Å². The molecule has 1 aromatic carbocycles. The number of aryl methyl sites for hydroxylation is 1. The van der Waals surface area contributed by atoms with Gasteiger partial charge in [0.2, 0.25) is 0 Å². The molecule has 0 saturated heterocycles. The van der Waals surface area contributed by atoms with Crippen molar-refractivity contribution in [2.24, 2.45) is 0 Å². The number of anilines is 1. The van der Waals surface area contributed by atoms with Gasteiger partial charge in [0.05, 0.1) is 12.5 Å². The van der Waals surface area contributed by atoms with Crippen LogP contribution in [0.4, 0.5) is 5.69 Å². The number of benzene rings is 1. The fourth-order valence-corrected chi connectivity index (χ4v) is 1.93. The topological polar surface area (TPSA) is 53.6 Å². The van der Waals surface area contributed by atoms with Crippen LogP contribution in [0.5, 0.6) is 0 Å². The average Bonchev–Trinajstić information content (AvgIpc) is 2.92. The fraction of sp³-hybridized carbons (Fsp3) is 0.333. The van der Waals surface area contributed by atoms with Crippen molar-refractivity contribution in [1.29, 1.82) is 5.26 Å². The minimum Gasteiger partial charge on any atom is -0.383 e. The maximum Gasteiger partial charge on any atom is 0.0669 e. The van der Waals surface area contributed by atoms with Gasteiger partial charge in [0, 0.05) is 30.7 Å². The lowest BCUT2D eigenvalue weighted by atomic mass is 10.1. The second-order valence-electron chi connectivity index (χ2n) is 4.64. The molecule has 4 heteroatoms. The smallest absolute Gasteiger partial charge is 0.0669 e. The van der Waals surface area contributed by atoms with E-state index in [1.807, 2.05) is 41.2 Å². The van der Waals surface area contributed by atoms with Crippen molar-refractivity contribution in [2.75, 3.05) is 5.32 Å². The molecule has 0 spiro atoms. The highest BCUT2D eigenvalue weighted by atomic mass is 15.3. The van der Waals surface area contributed by atoms with E-state index in [2.05, 4.69) is 23.4 Å². The van der Waals surface area contributed by atoms with Crippen LogP contribution in [0.25, 0.3) is 0 Å². The van der Waals surface area contributed by atoms with Gasteiger partial charge in [-0.05, 0) is 37.1 Å². The summed E-state index contributed by atoms with van der Waals surface area (Å²) in [6.45, 7) is 3.07. The number of nitrogens with one attached hydrogen (secondary N) is 1. The van der Waals surface area contributed by atoms with E-state index in [4.69, 9.17) is 5.26 Å². The van der Waals surface area contributed by atoms with Crippen molar-refractivity contribution in [1.82, 2.24) is 9.78 Å². The van der Waals surface area contributed by atoms with Crippen molar-refractivity contribution < 1.29 is 0 Å². The monoisotopic (exact) mass is 254 g/mol. The van der Waals surface area contributed by atoms with Gasteiger partial charge < -0.3 is 5.32 Å². The largest absolute Gasteiger partial charge is 0.383 e. The van der Waals surface area contributed by atoms with Crippen LogP contribution in [0.3, 0.4) is 0 Å². The lowest BCUT2D eigenvalue weighted by Gasteiger charge is -2.15. The van der Waals surface area contributed by atoms with E-state index >= 15 is 0 Å². The third kappa shape index (κ3) is 4.14. The summed E-state index contributed by atoms with van der Waals surface area (Å²) in [7, 11) is 0. The maximum atomic E-state index is 8.62. The van der Waals surface area contributed by atoms with Crippen LogP contribution in [0, 0.1) is 11.3 Å². The standard InChI is InChI=1S/C15H18N4/c1-13(8-12-19-11-2-10-17-19)18-15-5-3-14(4-6-15)7-9-16/h2-6,10-11,13,18H,7-8,12H2,1H3/t13-/m0/s1. The summed E-state index contributed by atoms with van der Waals surface area (Å²) < 4.78 is 1.94. The molecule has 2 rings (SSSR count). The molecule has 0 fully saturated rings. The molecule has 1 aromatic heterocycles. The first-order chi connectivity index (χ1) is 9.28. The first-order valence-electron chi connectivity index (χ1n) is 6.48. The van der Waals surface area contributed by atoms with Gasteiger partial charge in [-0.25, -0.2) is 0 Å². The molecule has 0 unspecified atom stereocenters. The number of aromatic nitrogens is 2. The molecule has 1 heterocycles. The van der Waals surface area contributed by atoms with Gasteiger partial charge in [0.1, 0.15) is 0 Å². The number of nitrogens with zero attached hydrogens (tertiary/aromatic N) is 3. The Kier molecular flexibility index (Phi) is 4.57. The molecule has 0 aliphatic heterocycles. The van der Waals surface area contributed by atoms with E-state index < -0.39 is 0 Å². The normalized spacial score (nSPS) is 11.8. The summed E-state index contributed by atoms with van der Waals surface area (Å²) >= 11 is 0. The number of nitriles is 1. The zero-order valence-corrected chi connectivity index (χ0v) is 11.1. The molecule has 0 radical (unpaired) electrons. The molecular weight excluding hydrogens is 236 g/mol. The Labute approximate surface area is 113 Å². The minimum atomic E-state index is 0.381. The van der Waals surface area contributed by atoms with Crippen molar-refractivity contribution in [3.05, 3.63) is 48.3 Å². The van der Waals surface area contributed by atoms with E-state index in [1.165, 1.54) is 0 Å². The van der Waals surface area contributed by atoms with Gasteiger partial charge in [-0.1, -0.05) is 12.1 Å². The molecule has 0 aliphatic rings. The van der Waals surface area contributed by atoms with E-state index in [0.717, 1.165) is 24.2 Å². The molecule has 0 bridgehead atoms. The van der Waals surface area contributed by atoms with E-state index in [1.54, 1.807) is 6.20 Å². The SMILES string of the molecule is C[C@@H](CCn1cccn1)Nc1ccc(CC#N)cc1. The van der Waals surface area contributed by atoms with Crippen molar-refractivity contribution in [3.63, 3.8) is 0 Å². The first kappa shape index (κ1) is 13.2. The Morgan fingerprint density at radius 2 is 2.16 bits per heavy atom. The Morgan fingerprint density at radius 3 is 2.79 bits per heavy atom. The maximum absolute atomic E-state index is 8.62. The minimum absolute atomic E-state index is 0.381. The Morgan fingerprint density at radius 1 is 1.37 bits per heavy atom. The summed E-state index contributed by atoms with van der Waals surface area (Å²) in [5.74, 6) is 0. The lowest BCUT2D eigenvalue weighted by Crippen LogP contribution is -2.17. The fourth-order valence-electron chi connectivity index (χ4n) is 1.93. The van der Waals surface area contributed by atoms with Crippen LogP contribution in [0.1, 0.15) is 18.9 Å². The summed E-state index contributed by atoms with van der Waals surface area (Å²) in [5, 5.41) is 16.3. The molecular formula is C15H18N4. The summed E-state index contributed by atoms with van der Waals surface area (Å²) in [5.41, 5.74) is 2.15. The highest BCUT2D eigenvalue weighted by Gasteiger charge is 2.02. The van der Waals surface area contributed by atoms with E-state index in [0.29, 0.717) is 12.5 Å². The zero-order valence-electron chi connectivity index (χ0n) is 11.1. The third-order valence-electron chi connectivity index (χ3n) is 3.00. The van der Waals surface area contributed by atoms with Gasteiger partial charge in [0.25, 0.3) is 0 Å². The molecule has 98 valence electrons. The molecule has 0 aliphatic carbocycles. The predicted molar refractivity (Wildman–Crippen MR) is 75.7 cm³/mol. The molecule has 1 atom stereocenters.